The third-order valence-corrected chi connectivity index (χ3v) is 3.92. The van der Waals surface area contributed by atoms with Crippen LogP contribution in [0.2, 0.25) is 0 Å². The van der Waals surface area contributed by atoms with Gasteiger partial charge in [0.25, 0.3) is 0 Å². The molecule has 0 saturated carbocycles. The van der Waals surface area contributed by atoms with Crippen LogP contribution in [0.3, 0.4) is 0 Å². The molecule has 2 rings (SSSR count). The van der Waals surface area contributed by atoms with Gasteiger partial charge in [0.05, 0.1) is 4.90 Å². The Morgan fingerprint density at radius 1 is 1.35 bits per heavy atom. The Balaban J connectivity index is 0.00000144. The van der Waals surface area contributed by atoms with Crippen molar-refractivity contribution in [3.05, 3.63) is 29.8 Å². The molecule has 1 aromatic rings. The van der Waals surface area contributed by atoms with E-state index in [-0.39, 0.29) is 17.3 Å². The largest absolute Gasteiger partial charge is 0.314 e. The Hall–Kier alpha value is -0.620. The molecule has 0 amide bonds. The molecule has 1 fully saturated rings. The van der Waals surface area contributed by atoms with E-state index in [0.717, 1.165) is 31.4 Å². The zero-order valence-corrected chi connectivity index (χ0v) is 11.1. The van der Waals surface area contributed by atoms with E-state index >= 15 is 0 Å². The van der Waals surface area contributed by atoms with E-state index in [9.17, 15) is 8.42 Å². The monoisotopic (exact) mass is 276 g/mol. The molecule has 0 aromatic heterocycles. The predicted molar refractivity (Wildman–Crippen MR) is 69.8 cm³/mol. The third kappa shape index (κ3) is 3.67. The molecule has 0 radical (unpaired) electrons. The normalized spacial score (nSPS) is 19.9. The number of nitrogens with one attached hydrogen (secondary N) is 1. The summed E-state index contributed by atoms with van der Waals surface area (Å²) in [5.74, 6) is 0. The zero-order valence-electron chi connectivity index (χ0n) is 9.43. The maximum absolute atomic E-state index is 11.4. The Morgan fingerprint density at radius 3 is 2.65 bits per heavy atom. The van der Waals surface area contributed by atoms with Gasteiger partial charge in [-0.25, -0.2) is 13.6 Å². The fraction of sp³-hybridized carbons (Fsp3) is 0.455. The van der Waals surface area contributed by atoms with Crippen LogP contribution in [0, 0.1) is 0 Å². The fourth-order valence-corrected chi connectivity index (χ4v) is 2.93. The van der Waals surface area contributed by atoms with Crippen LogP contribution in [0.25, 0.3) is 0 Å². The van der Waals surface area contributed by atoms with E-state index in [2.05, 4.69) is 5.32 Å². The topological polar surface area (TPSA) is 72.2 Å². The molecule has 4 nitrogen and oxygen atoms in total. The number of sulfonamides is 1. The summed E-state index contributed by atoms with van der Waals surface area (Å²) in [7, 11) is -3.60. The minimum absolute atomic E-state index is 0. The molecule has 96 valence electrons. The van der Waals surface area contributed by atoms with Crippen LogP contribution in [0.1, 0.15) is 18.4 Å². The number of nitrogens with two attached hydrogens (primary N) is 1. The molecule has 1 saturated heterocycles. The lowest BCUT2D eigenvalue weighted by molar-refractivity contribution is 0.584. The number of benzene rings is 1. The molecule has 1 atom stereocenters. The molecule has 0 bridgehead atoms. The fourth-order valence-electron chi connectivity index (χ4n) is 2.15. The summed E-state index contributed by atoms with van der Waals surface area (Å²) in [5.41, 5.74) is 0.810. The lowest BCUT2D eigenvalue weighted by Crippen LogP contribution is -2.25. The highest BCUT2D eigenvalue weighted by atomic mass is 35.5. The van der Waals surface area contributed by atoms with Crippen LogP contribution in [0.4, 0.5) is 0 Å². The Morgan fingerprint density at radius 2 is 2.06 bits per heavy atom. The van der Waals surface area contributed by atoms with Crippen molar-refractivity contribution in [1.82, 2.24) is 5.32 Å². The van der Waals surface area contributed by atoms with Crippen molar-refractivity contribution >= 4 is 22.4 Å². The molecule has 1 heterocycles. The van der Waals surface area contributed by atoms with E-state index in [1.54, 1.807) is 12.1 Å². The van der Waals surface area contributed by atoms with E-state index in [4.69, 9.17) is 5.14 Å². The number of primary sulfonamides is 1. The smallest absolute Gasteiger partial charge is 0.238 e. The second-order valence-electron chi connectivity index (χ2n) is 4.15. The van der Waals surface area contributed by atoms with E-state index in [1.165, 1.54) is 0 Å². The van der Waals surface area contributed by atoms with Gasteiger partial charge in [0.1, 0.15) is 0 Å². The highest BCUT2D eigenvalue weighted by molar-refractivity contribution is 7.89. The number of hydrogen-bond acceptors (Lipinski definition) is 3. The minimum atomic E-state index is -3.60. The van der Waals surface area contributed by atoms with Gasteiger partial charge in [-0.3, -0.25) is 0 Å². The molecule has 1 aromatic carbocycles. The molecule has 17 heavy (non-hydrogen) atoms. The van der Waals surface area contributed by atoms with Crippen molar-refractivity contribution in [2.24, 2.45) is 5.14 Å². The molecule has 0 aliphatic carbocycles. The summed E-state index contributed by atoms with van der Waals surface area (Å²) in [6, 6.07) is 7.33. The molecule has 0 spiro atoms. The van der Waals surface area contributed by atoms with Gasteiger partial charge in [0, 0.05) is 6.04 Å². The maximum atomic E-state index is 11.4. The van der Waals surface area contributed by atoms with Gasteiger partial charge in [-0.05, 0) is 37.4 Å². The van der Waals surface area contributed by atoms with Crippen molar-refractivity contribution in [2.45, 2.75) is 30.2 Å². The van der Waals surface area contributed by atoms with Gasteiger partial charge >= 0.3 is 0 Å². The number of rotatable bonds is 3. The summed E-state index contributed by atoms with van der Waals surface area (Å²) in [6.07, 6.45) is 2.98. The first-order valence-corrected chi connectivity index (χ1v) is 6.96. The first-order valence-electron chi connectivity index (χ1n) is 5.41. The average Bonchev–Trinajstić information content (AvgIpc) is 2.70. The first-order chi connectivity index (χ1) is 7.57. The van der Waals surface area contributed by atoms with Crippen LogP contribution in [0.5, 0.6) is 0 Å². The van der Waals surface area contributed by atoms with Gasteiger partial charge in [0.2, 0.25) is 10.0 Å². The van der Waals surface area contributed by atoms with Crippen molar-refractivity contribution in [3.63, 3.8) is 0 Å². The summed E-state index contributed by atoms with van der Waals surface area (Å²) in [4.78, 5) is 0.253. The SMILES string of the molecule is Cl.NS(=O)(=O)c1ccccc1C[C@@H]1CCCN1. The van der Waals surface area contributed by atoms with Gasteiger partial charge in [0.15, 0.2) is 0 Å². The quantitative estimate of drug-likeness (QED) is 0.867. The molecule has 1 aliphatic rings. The highest BCUT2D eigenvalue weighted by Gasteiger charge is 2.19. The molecular formula is C11H17ClN2O2S. The van der Waals surface area contributed by atoms with Gasteiger partial charge in [-0.1, -0.05) is 18.2 Å². The molecule has 3 N–H and O–H groups in total. The average molecular weight is 277 g/mol. The summed E-state index contributed by atoms with van der Waals surface area (Å²) in [5, 5.41) is 8.53. The molecule has 6 heteroatoms. The van der Waals surface area contributed by atoms with Crippen LogP contribution in [0.15, 0.2) is 29.2 Å². The van der Waals surface area contributed by atoms with E-state index in [0.29, 0.717) is 6.04 Å². The second-order valence-corrected chi connectivity index (χ2v) is 5.68. The van der Waals surface area contributed by atoms with E-state index < -0.39 is 10.0 Å². The molecule has 0 unspecified atom stereocenters. The Bertz CT molecular complexity index is 470. The van der Waals surface area contributed by atoms with Gasteiger partial charge in [-0.15, -0.1) is 12.4 Å². The Labute approximate surface area is 108 Å². The minimum Gasteiger partial charge on any atom is -0.314 e. The first kappa shape index (κ1) is 14.4. The highest BCUT2D eigenvalue weighted by Crippen LogP contribution is 2.18. The van der Waals surface area contributed by atoms with E-state index in [1.807, 2.05) is 12.1 Å². The van der Waals surface area contributed by atoms with Crippen molar-refractivity contribution in [2.75, 3.05) is 6.54 Å². The van der Waals surface area contributed by atoms with Crippen LogP contribution in [-0.4, -0.2) is 21.0 Å². The van der Waals surface area contributed by atoms with Crippen molar-refractivity contribution < 1.29 is 8.42 Å². The number of halogens is 1. The zero-order chi connectivity index (χ0) is 11.6. The van der Waals surface area contributed by atoms with Crippen LogP contribution < -0.4 is 10.5 Å². The molecule has 1 aliphatic heterocycles. The third-order valence-electron chi connectivity index (χ3n) is 2.91. The Kier molecular flexibility index (Phi) is 4.94. The van der Waals surface area contributed by atoms with Crippen molar-refractivity contribution in [1.29, 1.82) is 0 Å². The summed E-state index contributed by atoms with van der Waals surface area (Å²) < 4.78 is 22.8. The van der Waals surface area contributed by atoms with Crippen molar-refractivity contribution in [3.8, 4) is 0 Å². The lowest BCUT2D eigenvalue weighted by Gasteiger charge is -2.12. The lowest BCUT2D eigenvalue weighted by atomic mass is 10.0. The second kappa shape index (κ2) is 5.82. The standard InChI is InChI=1S/C11H16N2O2S.ClH/c12-16(14,15)11-6-2-1-4-9(11)8-10-5-3-7-13-10;/h1-2,4,6,10,13H,3,5,7-8H2,(H2,12,14,15);1H/t10-;/m0./s1. The van der Waals surface area contributed by atoms with Crippen LogP contribution >= 0.6 is 12.4 Å². The predicted octanol–water partition coefficient (Wildman–Crippen LogP) is 1.05. The summed E-state index contributed by atoms with van der Waals surface area (Å²) >= 11 is 0. The van der Waals surface area contributed by atoms with Gasteiger partial charge < -0.3 is 5.32 Å². The maximum Gasteiger partial charge on any atom is 0.238 e. The van der Waals surface area contributed by atoms with Crippen LogP contribution in [-0.2, 0) is 16.4 Å². The molecular weight excluding hydrogens is 260 g/mol. The number of hydrogen-bond donors (Lipinski definition) is 2. The van der Waals surface area contributed by atoms with Gasteiger partial charge in [-0.2, -0.15) is 0 Å². The summed E-state index contributed by atoms with van der Waals surface area (Å²) in [6.45, 7) is 1.02.